The summed E-state index contributed by atoms with van der Waals surface area (Å²) in [5.74, 6) is -0.0421. The number of nitrogens with one attached hydrogen (secondary N) is 1. The van der Waals surface area contributed by atoms with E-state index < -0.39 is 0 Å². The molecule has 1 N–H and O–H groups in total. The van der Waals surface area contributed by atoms with Crippen LogP contribution in [0.25, 0.3) is 6.08 Å². The van der Waals surface area contributed by atoms with E-state index in [2.05, 4.69) is 11.0 Å². The monoisotopic (exact) mass is 221 g/mol. The highest BCUT2D eigenvalue weighted by atomic mass is 35.5. The van der Waals surface area contributed by atoms with E-state index in [1.807, 2.05) is 30.3 Å². The van der Waals surface area contributed by atoms with Gasteiger partial charge in [-0.3, -0.25) is 4.79 Å². The molecule has 1 aromatic rings. The molecule has 0 aliphatic carbocycles. The summed E-state index contributed by atoms with van der Waals surface area (Å²) in [5.41, 5.74) is 4.00. The van der Waals surface area contributed by atoms with Crippen LogP contribution >= 0.6 is 11.6 Å². The molecule has 0 unspecified atom stereocenters. The van der Waals surface area contributed by atoms with Gasteiger partial charge < -0.3 is 5.32 Å². The fourth-order valence-corrected chi connectivity index (χ4v) is 1.09. The normalized spacial score (nSPS) is 8.93. The zero-order valence-corrected chi connectivity index (χ0v) is 9.21. The van der Waals surface area contributed by atoms with Crippen LogP contribution < -0.4 is 5.32 Å². The van der Waals surface area contributed by atoms with E-state index in [0.717, 1.165) is 10.6 Å². The standard InChI is InChI=1S/C12H12ClNO/c1-10(15)14-9-3-2-4-11-5-7-12(13)8-6-11/h3-8H,9H2,1H3,(H,14,15). The van der Waals surface area contributed by atoms with Crippen LogP contribution in [0.3, 0.4) is 0 Å². The molecule has 1 amide bonds. The van der Waals surface area contributed by atoms with E-state index >= 15 is 0 Å². The van der Waals surface area contributed by atoms with Crippen LogP contribution in [0.4, 0.5) is 0 Å². The molecule has 3 heteroatoms. The molecule has 0 saturated heterocycles. The van der Waals surface area contributed by atoms with Crippen LogP contribution in [-0.2, 0) is 4.79 Å². The second-order valence-corrected chi connectivity index (χ2v) is 3.44. The molecule has 78 valence electrons. The highest BCUT2D eigenvalue weighted by Crippen LogP contribution is 2.09. The van der Waals surface area contributed by atoms with Crippen LogP contribution in [0, 0.1) is 0 Å². The van der Waals surface area contributed by atoms with Crippen molar-refractivity contribution in [1.82, 2.24) is 5.32 Å². The summed E-state index contributed by atoms with van der Waals surface area (Å²) in [6.45, 7) is 1.98. The van der Waals surface area contributed by atoms with Gasteiger partial charge in [-0.25, -0.2) is 0 Å². The Morgan fingerprint density at radius 3 is 2.73 bits per heavy atom. The van der Waals surface area contributed by atoms with Crippen LogP contribution in [0.1, 0.15) is 12.5 Å². The number of carbonyl (C=O) groups excluding carboxylic acids is 1. The lowest BCUT2D eigenvalue weighted by Gasteiger charge is -1.92. The summed E-state index contributed by atoms with van der Waals surface area (Å²) < 4.78 is 0. The second-order valence-electron chi connectivity index (χ2n) is 3.00. The van der Waals surface area contributed by atoms with Crippen molar-refractivity contribution in [2.45, 2.75) is 6.92 Å². The van der Waals surface area contributed by atoms with Crippen molar-refractivity contribution in [1.29, 1.82) is 0 Å². The smallest absolute Gasteiger partial charge is 0.217 e. The lowest BCUT2D eigenvalue weighted by molar-refractivity contribution is -0.118. The highest BCUT2D eigenvalue weighted by Gasteiger charge is 1.86. The molecule has 0 radical (unpaired) electrons. The van der Waals surface area contributed by atoms with E-state index in [1.54, 1.807) is 6.08 Å². The third-order valence-corrected chi connectivity index (χ3v) is 1.94. The van der Waals surface area contributed by atoms with Crippen molar-refractivity contribution in [2.24, 2.45) is 0 Å². The first-order valence-electron chi connectivity index (χ1n) is 4.59. The maximum absolute atomic E-state index is 10.5. The molecule has 1 aromatic carbocycles. The van der Waals surface area contributed by atoms with Crippen molar-refractivity contribution in [3.8, 4) is 0 Å². The number of carbonyl (C=O) groups is 1. The summed E-state index contributed by atoms with van der Waals surface area (Å²) in [6.07, 6.45) is 3.59. The third-order valence-electron chi connectivity index (χ3n) is 1.69. The van der Waals surface area contributed by atoms with E-state index in [4.69, 9.17) is 11.6 Å². The Morgan fingerprint density at radius 2 is 2.13 bits per heavy atom. The zero-order chi connectivity index (χ0) is 11.1. The number of hydrogen-bond donors (Lipinski definition) is 1. The summed E-state index contributed by atoms with van der Waals surface area (Å²) in [6, 6.07) is 7.45. The van der Waals surface area contributed by atoms with Gasteiger partial charge in [0.25, 0.3) is 0 Å². The van der Waals surface area contributed by atoms with Gasteiger partial charge in [-0.1, -0.05) is 23.7 Å². The summed E-state index contributed by atoms with van der Waals surface area (Å²) in [7, 11) is 0. The topological polar surface area (TPSA) is 29.1 Å². The van der Waals surface area contributed by atoms with Gasteiger partial charge in [-0.15, -0.1) is 5.73 Å². The molecule has 15 heavy (non-hydrogen) atoms. The van der Waals surface area contributed by atoms with Crippen LogP contribution in [-0.4, -0.2) is 12.5 Å². The third kappa shape index (κ3) is 5.06. The molecule has 0 spiro atoms. The number of benzene rings is 1. The largest absolute Gasteiger partial charge is 0.352 e. The molecule has 0 aliphatic rings. The van der Waals surface area contributed by atoms with Crippen molar-refractivity contribution < 1.29 is 4.79 Å². The Kier molecular flexibility index (Phi) is 4.69. The average molecular weight is 222 g/mol. The first kappa shape index (κ1) is 11.6. The summed E-state index contributed by atoms with van der Waals surface area (Å²) in [4.78, 5) is 10.5. The molecule has 0 atom stereocenters. The van der Waals surface area contributed by atoms with E-state index in [0.29, 0.717) is 6.54 Å². The fraction of sp³-hybridized carbons (Fsp3) is 0.167. The van der Waals surface area contributed by atoms with Gasteiger partial charge in [-0.05, 0) is 29.8 Å². The van der Waals surface area contributed by atoms with Crippen LogP contribution in [0.2, 0.25) is 5.02 Å². The Bertz CT molecular complexity index is 389. The predicted octanol–water partition coefficient (Wildman–Crippen LogP) is 2.64. The summed E-state index contributed by atoms with van der Waals surface area (Å²) >= 11 is 5.74. The SMILES string of the molecule is CC(=O)NCC=C=Cc1ccc(Cl)cc1. The van der Waals surface area contributed by atoms with E-state index in [1.165, 1.54) is 6.92 Å². The first-order chi connectivity index (χ1) is 7.18. The Balaban J connectivity index is 2.50. The van der Waals surface area contributed by atoms with Gasteiger partial charge in [-0.2, -0.15) is 0 Å². The lowest BCUT2D eigenvalue weighted by Crippen LogP contribution is -2.18. The van der Waals surface area contributed by atoms with E-state index in [9.17, 15) is 4.79 Å². The minimum Gasteiger partial charge on any atom is -0.352 e. The predicted molar refractivity (Wildman–Crippen MR) is 62.7 cm³/mol. The van der Waals surface area contributed by atoms with Crippen LogP contribution in [0.15, 0.2) is 36.1 Å². The van der Waals surface area contributed by atoms with Gasteiger partial charge in [0.1, 0.15) is 0 Å². The molecule has 0 aromatic heterocycles. The highest BCUT2D eigenvalue weighted by molar-refractivity contribution is 6.30. The molecule has 0 fully saturated rings. The van der Waals surface area contributed by atoms with Gasteiger partial charge in [0, 0.05) is 18.5 Å². The van der Waals surface area contributed by atoms with Gasteiger partial charge >= 0.3 is 0 Å². The molecule has 1 rings (SSSR count). The molecule has 0 aliphatic heterocycles. The minimum atomic E-state index is -0.0421. The first-order valence-corrected chi connectivity index (χ1v) is 4.97. The maximum Gasteiger partial charge on any atom is 0.217 e. The molecule has 2 nitrogen and oxygen atoms in total. The molecule has 0 saturated carbocycles. The van der Waals surface area contributed by atoms with Gasteiger partial charge in [0.2, 0.25) is 5.91 Å². The van der Waals surface area contributed by atoms with Gasteiger partial charge in [0.05, 0.1) is 0 Å². The average Bonchev–Trinajstić information content (AvgIpc) is 2.20. The molecule has 0 heterocycles. The number of rotatable bonds is 3. The van der Waals surface area contributed by atoms with Crippen molar-refractivity contribution in [3.63, 3.8) is 0 Å². The summed E-state index contributed by atoms with van der Waals surface area (Å²) in [5, 5.41) is 3.36. The van der Waals surface area contributed by atoms with Gasteiger partial charge in [0.15, 0.2) is 0 Å². The second kappa shape index (κ2) is 6.07. The number of hydrogen-bond acceptors (Lipinski definition) is 1. The number of amides is 1. The Hall–Kier alpha value is -1.50. The Morgan fingerprint density at radius 1 is 1.47 bits per heavy atom. The maximum atomic E-state index is 10.5. The van der Waals surface area contributed by atoms with E-state index in [-0.39, 0.29) is 5.91 Å². The lowest BCUT2D eigenvalue weighted by atomic mass is 10.2. The Labute approximate surface area is 94.3 Å². The molecule has 0 bridgehead atoms. The minimum absolute atomic E-state index is 0.0421. The fourth-order valence-electron chi connectivity index (χ4n) is 0.968. The van der Waals surface area contributed by atoms with Crippen molar-refractivity contribution in [3.05, 3.63) is 46.7 Å². The quantitative estimate of drug-likeness (QED) is 0.782. The van der Waals surface area contributed by atoms with Crippen LogP contribution in [0.5, 0.6) is 0 Å². The molecular formula is C12H12ClNO. The van der Waals surface area contributed by atoms with Crippen molar-refractivity contribution >= 4 is 23.6 Å². The molecular weight excluding hydrogens is 210 g/mol. The zero-order valence-electron chi connectivity index (χ0n) is 8.46. The van der Waals surface area contributed by atoms with Crippen molar-refractivity contribution in [2.75, 3.05) is 6.54 Å². The number of halogens is 1.